The Kier molecular flexibility index (Phi) is 3.05. The second-order valence-corrected chi connectivity index (χ2v) is 4.07. The monoisotopic (exact) mass is 249 g/mol. The van der Waals surface area contributed by atoms with Crippen LogP contribution in [0, 0.1) is 20.8 Å². The second-order valence-electron chi connectivity index (χ2n) is 4.07. The molecule has 0 aliphatic heterocycles. The highest BCUT2D eigenvalue weighted by molar-refractivity contribution is 5.99. The fourth-order valence-electron chi connectivity index (χ4n) is 1.64. The van der Waals surface area contributed by atoms with Gasteiger partial charge in [0.25, 0.3) is 0 Å². The van der Waals surface area contributed by atoms with E-state index in [-0.39, 0.29) is 6.03 Å². The second kappa shape index (κ2) is 4.52. The molecule has 7 nitrogen and oxygen atoms in total. The molecule has 2 rings (SSSR count). The molecule has 96 valence electrons. The van der Waals surface area contributed by atoms with E-state index in [1.54, 1.807) is 17.7 Å². The molecule has 0 bridgehead atoms. The fraction of sp³-hybridized carbons (Fsp3) is 0.364. The van der Waals surface area contributed by atoms with Crippen molar-refractivity contribution in [1.29, 1.82) is 0 Å². The quantitative estimate of drug-likeness (QED) is 0.852. The summed E-state index contributed by atoms with van der Waals surface area (Å²) in [5.74, 6) is 1.02. The van der Waals surface area contributed by atoms with Gasteiger partial charge in [-0.1, -0.05) is 5.16 Å². The van der Waals surface area contributed by atoms with Crippen molar-refractivity contribution < 1.29 is 9.32 Å². The minimum absolute atomic E-state index is 0.373. The Morgan fingerprint density at radius 1 is 1.33 bits per heavy atom. The molecular weight excluding hydrogens is 234 g/mol. The SMILES string of the molecule is Cc1cc(NC(=O)Nc2c(C)nn(C)c2C)no1. The molecule has 2 heterocycles. The van der Waals surface area contributed by atoms with Crippen molar-refractivity contribution in [3.05, 3.63) is 23.2 Å². The predicted molar refractivity (Wildman–Crippen MR) is 66.6 cm³/mol. The number of hydrogen-bond donors (Lipinski definition) is 2. The zero-order chi connectivity index (χ0) is 13.3. The van der Waals surface area contributed by atoms with Gasteiger partial charge in [-0.3, -0.25) is 10.00 Å². The number of rotatable bonds is 2. The van der Waals surface area contributed by atoms with Crippen LogP contribution in [0.25, 0.3) is 0 Å². The molecule has 0 saturated heterocycles. The first-order valence-corrected chi connectivity index (χ1v) is 5.49. The number of aryl methyl sites for hydroxylation is 3. The lowest BCUT2D eigenvalue weighted by Gasteiger charge is -2.05. The van der Waals surface area contributed by atoms with Gasteiger partial charge in [0.15, 0.2) is 5.82 Å². The third kappa shape index (κ3) is 2.34. The smallest absolute Gasteiger partial charge is 0.325 e. The molecule has 0 aromatic carbocycles. The van der Waals surface area contributed by atoms with E-state index in [2.05, 4.69) is 20.9 Å². The third-order valence-electron chi connectivity index (χ3n) is 2.62. The molecular formula is C11H15N5O2. The van der Waals surface area contributed by atoms with Gasteiger partial charge in [-0.15, -0.1) is 0 Å². The maximum atomic E-state index is 11.8. The molecule has 2 N–H and O–H groups in total. The van der Waals surface area contributed by atoms with E-state index in [9.17, 15) is 4.79 Å². The van der Waals surface area contributed by atoms with Gasteiger partial charge < -0.3 is 9.84 Å². The van der Waals surface area contributed by atoms with Crippen molar-refractivity contribution in [3.63, 3.8) is 0 Å². The van der Waals surface area contributed by atoms with E-state index in [4.69, 9.17) is 4.52 Å². The molecule has 2 amide bonds. The molecule has 0 atom stereocenters. The lowest BCUT2D eigenvalue weighted by molar-refractivity contribution is 0.262. The Bertz CT molecular complexity index is 584. The highest BCUT2D eigenvalue weighted by Crippen LogP contribution is 2.18. The normalized spacial score (nSPS) is 10.4. The van der Waals surface area contributed by atoms with Crippen LogP contribution in [0.3, 0.4) is 0 Å². The van der Waals surface area contributed by atoms with E-state index in [1.807, 2.05) is 20.9 Å². The first-order valence-electron chi connectivity index (χ1n) is 5.49. The number of hydrogen-bond acceptors (Lipinski definition) is 4. The summed E-state index contributed by atoms with van der Waals surface area (Å²) < 4.78 is 6.57. The lowest BCUT2D eigenvalue weighted by atomic mass is 10.3. The summed E-state index contributed by atoms with van der Waals surface area (Å²) in [7, 11) is 1.83. The van der Waals surface area contributed by atoms with E-state index < -0.39 is 0 Å². The van der Waals surface area contributed by atoms with Gasteiger partial charge in [-0.05, 0) is 20.8 Å². The largest absolute Gasteiger partial charge is 0.360 e. The van der Waals surface area contributed by atoms with Crippen LogP contribution in [-0.4, -0.2) is 21.0 Å². The molecule has 18 heavy (non-hydrogen) atoms. The van der Waals surface area contributed by atoms with Gasteiger partial charge in [-0.25, -0.2) is 4.79 Å². The molecule has 2 aromatic rings. The van der Waals surface area contributed by atoms with Gasteiger partial charge in [0, 0.05) is 13.1 Å². The summed E-state index contributed by atoms with van der Waals surface area (Å²) in [4.78, 5) is 11.8. The zero-order valence-electron chi connectivity index (χ0n) is 10.7. The zero-order valence-corrected chi connectivity index (χ0v) is 10.7. The van der Waals surface area contributed by atoms with Gasteiger partial charge in [0.2, 0.25) is 0 Å². The number of carbonyl (C=O) groups excluding carboxylic acids is 1. The van der Waals surface area contributed by atoms with Crippen molar-refractivity contribution in [2.24, 2.45) is 7.05 Å². The molecule has 2 aromatic heterocycles. The average molecular weight is 249 g/mol. The summed E-state index contributed by atoms with van der Waals surface area (Å²) in [5, 5.41) is 13.2. The van der Waals surface area contributed by atoms with Crippen molar-refractivity contribution in [2.75, 3.05) is 10.6 Å². The van der Waals surface area contributed by atoms with E-state index >= 15 is 0 Å². The van der Waals surface area contributed by atoms with E-state index in [0.29, 0.717) is 17.3 Å². The standard InChI is InChI=1S/C11H15N5O2/c1-6-5-9(15-18-6)12-11(17)13-10-7(2)14-16(4)8(10)3/h5H,1-4H3,(H2,12,13,15,17). The Morgan fingerprint density at radius 3 is 2.56 bits per heavy atom. The van der Waals surface area contributed by atoms with Crippen molar-refractivity contribution >= 4 is 17.5 Å². The number of carbonyl (C=O) groups is 1. The topological polar surface area (TPSA) is 85.0 Å². The molecule has 0 unspecified atom stereocenters. The number of aromatic nitrogens is 3. The van der Waals surface area contributed by atoms with Crippen LogP contribution in [0.5, 0.6) is 0 Å². The van der Waals surface area contributed by atoms with Crippen LogP contribution in [0.2, 0.25) is 0 Å². The molecule has 7 heteroatoms. The van der Waals surface area contributed by atoms with Gasteiger partial charge in [0.1, 0.15) is 5.76 Å². The maximum Gasteiger partial charge on any atom is 0.325 e. The van der Waals surface area contributed by atoms with Crippen molar-refractivity contribution in [1.82, 2.24) is 14.9 Å². The highest BCUT2D eigenvalue weighted by atomic mass is 16.5. The van der Waals surface area contributed by atoms with Gasteiger partial charge >= 0.3 is 6.03 Å². The van der Waals surface area contributed by atoms with Crippen LogP contribution >= 0.6 is 0 Å². The molecule has 0 aliphatic carbocycles. The van der Waals surface area contributed by atoms with E-state index in [0.717, 1.165) is 11.4 Å². The Morgan fingerprint density at radius 2 is 2.06 bits per heavy atom. The maximum absolute atomic E-state index is 11.8. The van der Waals surface area contributed by atoms with Crippen LogP contribution in [-0.2, 0) is 7.05 Å². The molecule has 0 fully saturated rings. The number of urea groups is 1. The van der Waals surface area contributed by atoms with Crippen LogP contribution < -0.4 is 10.6 Å². The lowest BCUT2D eigenvalue weighted by Crippen LogP contribution is -2.20. The first kappa shape index (κ1) is 12.2. The Balaban J connectivity index is 2.07. The fourth-order valence-corrected chi connectivity index (χ4v) is 1.64. The summed E-state index contributed by atoms with van der Waals surface area (Å²) in [6.45, 7) is 5.48. The Hall–Kier alpha value is -2.31. The molecule has 0 spiro atoms. The average Bonchev–Trinajstić information content (AvgIpc) is 2.78. The predicted octanol–water partition coefficient (Wildman–Crippen LogP) is 1.98. The number of amides is 2. The van der Waals surface area contributed by atoms with Gasteiger partial charge in [-0.2, -0.15) is 5.10 Å². The van der Waals surface area contributed by atoms with Crippen LogP contribution in [0.4, 0.5) is 16.3 Å². The van der Waals surface area contributed by atoms with Crippen molar-refractivity contribution in [2.45, 2.75) is 20.8 Å². The van der Waals surface area contributed by atoms with Gasteiger partial charge in [0.05, 0.1) is 17.1 Å². The summed E-state index contributed by atoms with van der Waals surface area (Å²) in [6.07, 6.45) is 0. The molecule has 0 saturated carbocycles. The number of nitrogens with one attached hydrogen (secondary N) is 2. The summed E-state index contributed by atoms with van der Waals surface area (Å²) >= 11 is 0. The number of anilines is 2. The minimum Gasteiger partial charge on any atom is -0.360 e. The summed E-state index contributed by atoms with van der Waals surface area (Å²) in [5.41, 5.74) is 2.36. The molecule has 0 radical (unpaired) electrons. The highest BCUT2D eigenvalue weighted by Gasteiger charge is 2.13. The Labute approximate surface area is 104 Å². The van der Waals surface area contributed by atoms with Crippen LogP contribution in [0.1, 0.15) is 17.1 Å². The van der Waals surface area contributed by atoms with Crippen molar-refractivity contribution in [3.8, 4) is 0 Å². The number of nitrogens with zero attached hydrogens (tertiary/aromatic N) is 3. The third-order valence-corrected chi connectivity index (χ3v) is 2.62. The molecule has 0 aliphatic rings. The van der Waals surface area contributed by atoms with Crippen LogP contribution in [0.15, 0.2) is 10.6 Å². The van der Waals surface area contributed by atoms with E-state index in [1.165, 1.54) is 0 Å². The minimum atomic E-state index is -0.373. The first-order chi connectivity index (χ1) is 8.47. The summed E-state index contributed by atoms with van der Waals surface area (Å²) in [6, 6.07) is 1.27.